The van der Waals surface area contributed by atoms with E-state index in [0.29, 0.717) is 18.8 Å². The highest BCUT2D eigenvalue weighted by atomic mass is 16.6. The van der Waals surface area contributed by atoms with E-state index in [-0.39, 0.29) is 5.97 Å². The van der Waals surface area contributed by atoms with Crippen molar-refractivity contribution in [3.8, 4) is 0 Å². The number of epoxide rings is 1. The second kappa shape index (κ2) is 14.3. The van der Waals surface area contributed by atoms with Crippen LogP contribution < -0.4 is 0 Å². The molecule has 0 radical (unpaired) electrons. The van der Waals surface area contributed by atoms with Gasteiger partial charge in [-0.3, -0.25) is 0 Å². The SMILES string of the molecule is C=CC(=O)OCCCCCCCC/C=C\CC1OC1CCCCC. The van der Waals surface area contributed by atoms with E-state index in [1.807, 2.05) is 0 Å². The maximum atomic E-state index is 10.8. The van der Waals surface area contributed by atoms with Crippen molar-refractivity contribution in [1.82, 2.24) is 0 Å². The second-order valence-electron chi connectivity index (χ2n) is 6.70. The highest BCUT2D eigenvalue weighted by Gasteiger charge is 2.36. The van der Waals surface area contributed by atoms with Gasteiger partial charge in [0, 0.05) is 6.08 Å². The first-order valence-electron chi connectivity index (χ1n) is 9.87. The molecule has 0 amide bonds. The number of carbonyl (C=O) groups excluding carboxylic acids is 1. The van der Waals surface area contributed by atoms with Crippen LogP contribution in [0.1, 0.15) is 84.0 Å². The van der Waals surface area contributed by atoms with Crippen LogP contribution in [0.4, 0.5) is 0 Å². The number of hydrogen-bond donors (Lipinski definition) is 0. The predicted octanol–water partition coefficient (Wildman–Crippen LogP) is 5.74. The smallest absolute Gasteiger partial charge is 0.330 e. The minimum absolute atomic E-state index is 0.314. The van der Waals surface area contributed by atoms with Crippen molar-refractivity contribution in [1.29, 1.82) is 0 Å². The van der Waals surface area contributed by atoms with Crippen molar-refractivity contribution in [3.63, 3.8) is 0 Å². The Kier molecular flexibility index (Phi) is 12.5. The van der Waals surface area contributed by atoms with Gasteiger partial charge >= 0.3 is 5.97 Å². The van der Waals surface area contributed by atoms with Gasteiger partial charge in [-0.15, -0.1) is 0 Å². The van der Waals surface area contributed by atoms with Crippen LogP contribution in [0, 0.1) is 0 Å². The Labute approximate surface area is 148 Å². The van der Waals surface area contributed by atoms with Crippen LogP contribution in [0.5, 0.6) is 0 Å². The Bertz CT molecular complexity index is 362. The molecule has 0 aliphatic carbocycles. The summed E-state index contributed by atoms with van der Waals surface area (Å²) in [7, 11) is 0. The van der Waals surface area contributed by atoms with Crippen molar-refractivity contribution in [3.05, 3.63) is 24.8 Å². The van der Waals surface area contributed by atoms with Crippen molar-refractivity contribution >= 4 is 5.97 Å². The maximum Gasteiger partial charge on any atom is 0.330 e. The summed E-state index contributed by atoms with van der Waals surface area (Å²) in [5, 5.41) is 0. The van der Waals surface area contributed by atoms with Crippen molar-refractivity contribution in [2.75, 3.05) is 6.61 Å². The number of carbonyl (C=O) groups is 1. The fourth-order valence-electron chi connectivity index (χ4n) is 2.89. The van der Waals surface area contributed by atoms with Crippen LogP contribution in [-0.4, -0.2) is 24.8 Å². The molecule has 24 heavy (non-hydrogen) atoms. The van der Waals surface area contributed by atoms with Gasteiger partial charge in [0.25, 0.3) is 0 Å². The predicted molar refractivity (Wildman–Crippen MR) is 100 cm³/mol. The van der Waals surface area contributed by atoms with E-state index in [1.54, 1.807) is 0 Å². The van der Waals surface area contributed by atoms with Gasteiger partial charge in [0.1, 0.15) is 0 Å². The lowest BCUT2D eigenvalue weighted by molar-refractivity contribution is -0.137. The molecule has 0 saturated carbocycles. The minimum Gasteiger partial charge on any atom is -0.463 e. The molecule has 1 aliphatic heterocycles. The molecule has 1 heterocycles. The normalized spacial score (nSPS) is 19.5. The summed E-state index contributed by atoms with van der Waals surface area (Å²) in [6.07, 6.45) is 21.5. The third kappa shape index (κ3) is 11.4. The zero-order chi connectivity index (χ0) is 17.5. The first kappa shape index (κ1) is 21.0. The van der Waals surface area contributed by atoms with Crippen LogP contribution in [0.25, 0.3) is 0 Å². The first-order valence-corrected chi connectivity index (χ1v) is 9.87. The van der Waals surface area contributed by atoms with Crippen molar-refractivity contribution in [2.24, 2.45) is 0 Å². The molecule has 0 N–H and O–H groups in total. The molecule has 0 spiro atoms. The average molecular weight is 337 g/mol. The molecule has 1 saturated heterocycles. The molecule has 3 nitrogen and oxygen atoms in total. The topological polar surface area (TPSA) is 38.8 Å². The highest BCUT2D eigenvalue weighted by molar-refractivity contribution is 5.81. The van der Waals surface area contributed by atoms with Gasteiger partial charge in [0.05, 0.1) is 18.8 Å². The molecular formula is C21H36O3. The lowest BCUT2D eigenvalue weighted by Gasteiger charge is -2.02. The minimum atomic E-state index is -0.314. The number of ether oxygens (including phenoxy) is 2. The summed E-state index contributed by atoms with van der Waals surface area (Å²) in [4.78, 5) is 10.8. The van der Waals surface area contributed by atoms with Crippen LogP contribution in [0.15, 0.2) is 24.8 Å². The lowest BCUT2D eigenvalue weighted by atomic mass is 10.1. The maximum absolute atomic E-state index is 10.8. The van der Waals surface area contributed by atoms with Gasteiger partial charge < -0.3 is 9.47 Å². The number of allylic oxidation sites excluding steroid dienone is 1. The molecule has 0 bridgehead atoms. The van der Waals surface area contributed by atoms with Crippen LogP contribution in [-0.2, 0) is 14.3 Å². The zero-order valence-corrected chi connectivity index (χ0v) is 15.5. The third-order valence-electron chi connectivity index (χ3n) is 4.49. The Hall–Kier alpha value is -1.09. The third-order valence-corrected chi connectivity index (χ3v) is 4.49. The van der Waals surface area contributed by atoms with Crippen molar-refractivity contribution in [2.45, 2.75) is 96.2 Å². The number of rotatable bonds is 16. The highest BCUT2D eigenvalue weighted by Crippen LogP contribution is 2.30. The van der Waals surface area contributed by atoms with Gasteiger partial charge in [-0.2, -0.15) is 0 Å². The van der Waals surface area contributed by atoms with E-state index >= 15 is 0 Å². The van der Waals surface area contributed by atoms with Gasteiger partial charge in [-0.1, -0.05) is 70.6 Å². The molecule has 3 heteroatoms. The molecule has 1 rings (SSSR count). The molecule has 1 aliphatic rings. The molecule has 1 fully saturated rings. The molecule has 2 atom stereocenters. The fourth-order valence-corrected chi connectivity index (χ4v) is 2.89. The fraction of sp³-hybridized carbons (Fsp3) is 0.762. The number of unbranched alkanes of at least 4 members (excludes halogenated alkanes) is 8. The molecule has 2 unspecified atom stereocenters. The van der Waals surface area contributed by atoms with E-state index in [4.69, 9.17) is 9.47 Å². The summed E-state index contributed by atoms with van der Waals surface area (Å²) in [5.41, 5.74) is 0. The Morgan fingerprint density at radius 3 is 2.50 bits per heavy atom. The largest absolute Gasteiger partial charge is 0.463 e. The van der Waals surface area contributed by atoms with Gasteiger partial charge in [-0.25, -0.2) is 4.79 Å². The average Bonchev–Trinajstić information content (AvgIpc) is 3.34. The first-order chi connectivity index (χ1) is 11.8. The standard InChI is InChI=1S/C21H36O3/c1-3-5-13-16-19-20(24-19)17-14-11-9-7-6-8-10-12-15-18-23-21(22)4-2/h4,11,14,19-20H,2-3,5-10,12-13,15-18H2,1H3/b14-11-. The van der Waals surface area contributed by atoms with Gasteiger partial charge in [0.2, 0.25) is 0 Å². The van der Waals surface area contributed by atoms with Crippen molar-refractivity contribution < 1.29 is 14.3 Å². The van der Waals surface area contributed by atoms with E-state index in [0.717, 1.165) is 19.3 Å². The molecule has 0 aromatic carbocycles. The molecular weight excluding hydrogens is 300 g/mol. The van der Waals surface area contributed by atoms with Crippen LogP contribution >= 0.6 is 0 Å². The molecule has 0 aromatic rings. The number of esters is 1. The second-order valence-corrected chi connectivity index (χ2v) is 6.70. The molecule has 0 aromatic heterocycles. The summed E-state index contributed by atoms with van der Waals surface area (Å²) in [6.45, 7) is 6.14. The van der Waals surface area contributed by atoms with Crippen LogP contribution in [0.3, 0.4) is 0 Å². The number of hydrogen-bond acceptors (Lipinski definition) is 3. The summed E-state index contributed by atoms with van der Waals surface area (Å²) in [5.74, 6) is -0.314. The Morgan fingerprint density at radius 2 is 1.75 bits per heavy atom. The lowest BCUT2D eigenvalue weighted by Crippen LogP contribution is -2.01. The van der Waals surface area contributed by atoms with Gasteiger partial charge in [-0.05, 0) is 32.1 Å². The summed E-state index contributed by atoms with van der Waals surface area (Å²) < 4.78 is 10.6. The quantitative estimate of drug-likeness (QED) is 0.119. The monoisotopic (exact) mass is 336 g/mol. The van der Waals surface area contributed by atoms with Gasteiger partial charge in [0.15, 0.2) is 0 Å². The van der Waals surface area contributed by atoms with E-state index in [9.17, 15) is 4.79 Å². The van der Waals surface area contributed by atoms with E-state index < -0.39 is 0 Å². The Morgan fingerprint density at radius 1 is 1.00 bits per heavy atom. The molecule has 138 valence electrons. The van der Waals surface area contributed by atoms with E-state index in [1.165, 1.54) is 63.9 Å². The van der Waals surface area contributed by atoms with E-state index in [2.05, 4.69) is 25.7 Å². The summed E-state index contributed by atoms with van der Waals surface area (Å²) in [6, 6.07) is 0. The Balaban J connectivity index is 1.78. The zero-order valence-electron chi connectivity index (χ0n) is 15.5. The van der Waals surface area contributed by atoms with Crippen LogP contribution in [0.2, 0.25) is 0 Å². The summed E-state index contributed by atoms with van der Waals surface area (Å²) >= 11 is 0.